The number of rotatable bonds is 6. The van der Waals surface area contributed by atoms with Crippen molar-refractivity contribution in [2.75, 3.05) is 0 Å². The second-order valence-corrected chi connectivity index (χ2v) is 7.93. The molecular formula is C18H15Cl3F4O2. The second-order valence-electron chi connectivity index (χ2n) is 6.67. The lowest BCUT2D eigenvalue weighted by Crippen LogP contribution is -2.14. The van der Waals surface area contributed by atoms with Crippen molar-refractivity contribution in [2.24, 2.45) is 17.3 Å². The summed E-state index contributed by atoms with van der Waals surface area (Å²) in [6, 6.07) is 0. The van der Waals surface area contributed by atoms with E-state index in [0.29, 0.717) is 0 Å². The zero-order valence-corrected chi connectivity index (χ0v) is 16.5. The molecule has 148 valence electrons. The monoisotopic (exact) mass is 444 g/mol. The number of halogens is 7. The first kappa shape index (κ1) is 22.1. The Morgan fingerprint density at radius 1 is 1.07 bits per heavy atom. The number of hydrogen-bond donors (Lipinski definition) is 0. The summed E-state index contributed by atoms with van der Waals surface area (Å²) >= 11 is 16.4. The van der Waals surface area contributed by atoms with Crippen LogP contribution in [0.4, 0.5) is 17.6 Å². The van der Waals surface area contributed by atoms with Crippen LogP contribution in [-0.4, -0.2) is 5.97 Å². The van der Waals surface area contributed by atoms with Crippen molar-refractivity contribution >= 4 is 40.8 Å². The lowest BCUT2D eigenvalue weighted by atomic mass is 10.1. The van der Waals surface area contributed by atoms with Gasteiger partial charge in [0.15, 0.2) is 23.3 Å². The maximum Gasteiger partial charge on any atom is 0.310 e. The van der Waals surface area contributed by atoms with Crippen molar-refractivity contribution in [3.63, 3.8) is 0 Å². The first-order valence-corrected chi connectivity index (χ1v) is 9.01. The highest BCUT2D eigenvalue weighted by molar-refractivity contribution is 6.55. The second kappa shape index (κ2) is 8.41. The van der Waals surface area contributed by atoms with E-state index in [1.165, 1.54) is 6.08 Å². The molecule has 0 aliphatic heterocycles. The van der Waals surface area contributed by atoms with Crippen molar-refractivity contribution in [3.05, 3.63) is 56.6 Å². The fourth-order valence-electron chi connectivity index (χ4n) is 3.00. The lowest BCUT2D eigenvalue weighted by molar-refractivity contribution is -0.147. The van der Waals surface area contributed by atoms with Crippen LogP contribution in [0.5, 0.6) is 0 Å². The summed E-state index contributed by atoms with van der Waals surface area (Å²) < 4.78 is 61.1. The fourth-order valence-corrected chi connectivity index (χ4v) is 3.36. The van der Waals surface area contributed by atoms with Gasteiger partial charge in [-0.1, -0.05) is 54.7 Å². The van der Waals surface area contributed by atoms with Crippen molar-refractivity contribution in [3.8, 4) is 0 Å². The molecule has 0 heterocycles. The summed E-state index contributed by atoms with van der Waals surface area (Å²) in [4.78, 5) is 12.2. The van der Waals surface area contributed by atoms with E-state index in [1.54, 1.807) is 13.8 Å². The number of ether oxygens (including phenoxy) is 1. The molecule has 1 aromatic carbocycles. The third-order valence-electron chi connectivity index (χ3n) is 4.69. The predicted molar refractivity (Wildman–Crippen MR) is 95.3 cm³/mol. The van der Waals surface area contributed by atoms with Crippen LogP contribution in [0.3, 0.4) is 0 Å². The van der Waals surface area contributed by atoms with Gasteiger partial charge in [0.2, 0.25) is 0 Å². The van der Waals surface area contributed by atoms with Gasteiger partial charge in [-0.3, -0.25) is 4.79 Å². The number of allylic oxidation sites excluding steroid dienone is 2. The van der Waals surface area contributed by atoms with Gasteiger partial charge in [0.05, 0.1) is 11.5 Å². The highest BCUT2D eigenvalue weighted by Gasteiger charge is 2.61. The molecule has 2 nitrogen and oxygen atoms in total. The van der Waals surface area contributed by atoms with Gasteiger partial charge < -0.3 is 4.74 Å². The van der Waals surface area contributed by atoms with Crippen LogP contribution >= 0.6 is 34.8 Å². The molecule has 2 rings (SSSR count). The topological polar surface area (TPSA) is 26.3 Å². The summed E-state index contributed by atoms with van der Waals surface area (Å²) in [7, 11) is 0. The molecule has 0 N–H and O–H groups in total. The van der Waals surface area contributed by atoms with Gasteiger partial charge in [0, 0.05) is 11.1 Å². The molecule has 1 saturated carbocycles. The SMILES string of the molecule is CC1(C)[C@@H](C=C(Cl)Cl)[C@@H]1C(=O)OCc1c(F)c(F)c(CC=CCl)c(F)c1F. The smallest absolute Gasteiger partial charge is 0.310 e. The average Bonchev–Trinajstić information content (AvgIpc) is 3.12. The molecule has 1 fully saturated rings. The maximum atomic E-state index is 14.1. The molecule has 0 saturated heterocycles. The minimum absolute atomic E-state index is 0.0220. The zero-order valence-electron chi connectivity index (χ0n) is 14.3. The highest BCUT2D eigenvalue weighted by Crippen LogP contribution is 2.60. The predicted octanol–water partition coefficient (Wildman–Crippen LogP) is 6.17. The van der Waals surface area contributed by atoms with Gasteiger partial charge >= 0.3 is 5.97 Å². The first-order valence-electron chi connectivity index (χ1n) is 7.82. The minimum atomic E-state index is -1.62. The molecule has 0 bridgehead atoms. The van der Waals surface area contributed by atoms with E-state index < -0.39 is 64.7 Å². The van der Waals surface area contributed by atoms with E-state index in [2.05, 4.69) is 0 Å². The van der Waals surface area contributed by atoms with E-state index >= 15 is 0 Å². The Kier molecular flexibility index (Phi) is 6.87. The third kappa shape index (κ3) is 4.44. The van der Waals surface area contributed by atoms with E-state index in [4.69, 9.17) is 39.5 Å². The summed E-state index contributed by atoms with van der Waals surface area (Å²) in [5, 5.41) is 0. The summed E-state index contributed by atoms with van der Waals surface area (Å²) in [6.45, 7) is 2.57. The third-order valence-corrected chi connectivity index (χ3v) is 5.12. The molecule has 0 unspecified atom stereocenters. The average molecular weight is 446 g/mol. The number of hydrogen-bond acceptors (Lipinski definition) is 2. The van der Waals surface area contributed by atoms with Crippen LogP contribution < -0.4 is 0 Å². The van der Waals surface area contributed by atoms with Crippen molar-refractivity contribution < 1.29 is 27.1 Å². The standard InChI is InChI=1S/C18H15Cl3F4O2/c1-18(2)10(6-11(20)21)12(18)17(26)27-7-9-15(24)13(22)8(4-3-5-19)14(23)16(9)25/h3,5-6,10,12H,4,7H2,1-2H3/t10-,12+/m0/s1. The molecule has 1 aliphatic carbocycles. The Bertz CT molecular complexity index is 788. The van der Waals surface area contributed by atoms with Crippen molar-refractivity contribution in [1.82, 2.24) is 0 Å². The Morgan fingerprint density at radius 2 is 1.59 bits per heavy atom. The molecule has 9 heteroatoms. The molecule has 2 atom stereocenters. The normalized spacial score (nSPS) is 20.6. The zero-order chi connectivity index (χ0) is 20.5. The molecule has 1 aliphatic rings. The first-order chi connectivity index (χ1) is 12.5. The van der Waals surface area contributed by atoms with Crippen LogP contribution in [-0.2, 0) is 22.6 Å². The van der Waals surface area contributed by atoms with Gasteiger partial charge in [0.1, 0.15) is 11.1 Å². The van der Waals surface area contributed by atoms with Crippen LogP contribution in [0.25, 0.3) is 0 Å². The lowest BCUT2D eigenvalue weighted by Gasteiger charge is -2.12. The van der Waals surface area contributed by atoms with Gasteiger partial charge in [-0.15, -0.1) is 0 Å². The van der Waals surface area contributed by atoms with Crippen LogP contribution in [0.15, 0.2) is 22.2 Å². The van der Waals surface area contributed by atoms with E-state index in [1.807, 2.05) is 0 Å². The van der Waals surface area contributed by atoms with Crippen molar-refractivity contribution in [2.45, 2.75) is 26.9 Å². The Labute approximate surface area is 168 Å². The van der Waals surface area contributed by atoms with Gasteiger partial charge in [-0.05, 0) is 23.8 Å². The molecular weight excluding hydrogens is 431 g/mol. The molecule has 0 spiro atoms. The Balaban J connectivity index is 2.19. The molecule has 1 aromatic rings. The molecule has 27 heavy (non-hydrogen) atoms. The van der Waals surface area contributed by atoms with Crippen LogP contribution in [0.2, 0.25) is 0 Å². The maximum absolute atomic E-state index is 14.1. The van der Waals surface area contributed by atoms with Crippen molar-refractivity contribution in [1.29, 1.82) is 0 Å². The van der Waals surface area contributed by atoms with Gasteiger partial charge in [-0.2, -0.15) is 0 Å². The Hall–Kier alpha value is -1.24. The molecule has 0 radical (unpaired) electrons. The Morgan fingerprint density at radius 3 is 2.07 bits per heavy atom. The molecule has 0 aromatic heterocycles. The van der Waals surface area contributed by atoms with E-state index in [-0.39, 0.29) is 10.4 Å². The number of carbonyl (C=O) groups excluding carboxylic acids is 1. The fraction of sp³-hybridized carbons (Fsp3) is 0.389. The number of carbonyl (C=O) groups is 1. The van der Waals surface area contributed by atoms with Crippen LogP contribution in [0.1, 0.15) is 25.0 Å². The van der Waals surface area contributed by atoms with E-state index in [9.17, 15) is 22.4 Å². The van der Waals surface area contributed by atoms with Crippen LogP contribution in [0, 0.1) is 40.5 Å². The minimum Gasteiger partial charge on any atom is -0.460 e. The van der Waals surface area contributed by atoms with E-state index in [0.717, 1.165) is 11.6 Å². The summed E-state index contributed by atoms with van der Waals surface area (Å²) in [5.41, 5.74) is -1.35. The number of esters is 1. The van der Waals surface area contributed by atoms with Gasteiger partial charge in [0.25, 0.3) is 0 Å². The highest BCUT2D eigenvalue weighted by atomic mass is 35.5. The summed E-state index contributed by atoms with van der Waals surface area (Å²) in [5.74, 6) is -8.08. The summed E-state index contributed by atoms with van der Waals surface area (Å²) in [6.07, 6.45) is 2.17. The molecule has 0 amide bonds. The van der Waals surface area contributed by atoms with Gasteiger partial charge in [-0.25, -0.2) is 17.6 Å². The largest absolute Gasteiger partial charge is 0.460 e. The quantitative estimate of drug-likeness (QED) is 0.297. The number of benzene rings is 1.